The number of halogens is 1. The molecule has 1 aliphatic heterocycles. The molecule has 19 heavy (non-hydrogen) atoms. The Balaban J connectivity index is 0.00000180. The van der Waals surface area contributed by atoms with Crippen LogP contribution in [0.15, 0.2) is 0 Å². The lowest BCUT2D eigenvalue weighted by molar-refractivity contribution is -0.149. The molecular formula is C13H22ClNO4. The lowest BCUT2D eigenvalue weighted by Crippen LogP contribution is -2.35. The van der Waals surface area contributed by atoms with Crippen LogP contribution in [-0.2, 0) is 9.59 Å². The summed E-state index contributed by atoms with van der Waals surface area (Å²) in [7, 11) is 0. The first-order chi connectivity index (χ1) is 8.54. The molecule has 0 aromatic heterocycles. The molecule has 2 N–H and O–H groups in total. The molecule has 1 saturated heterocycles. The largest absolute Gasteiger partial charge is 0.481 e. The number of nitrogens with zero attached hydrogens (tertiary/aromatic N) is 1. The Kier molecular flexibility index (Phi) is 5.62. The minimum absolute atomic E-state index is 0. The fourth-order valence-corrected chi connectivity index (χ4v) is 3.52. The molecule has 0 radical (unpaired) electrons. The summed E-state index contributed by atoms with van der Waals surface area (Å²) in [6.45, 7) is 2.36. The second-order valence-electron chi connectivity index (χ2n) is 5.64. The first-order valence-corrected chi connectivity index (χ1v) is 6.72. The Morgan fingerprint density at radius 3 is 2.58 bits per heavy atom. The lowest BCUT2D eigenvalue weighted by Gasteiger charge is -2.23. The van der Waals surface area contributed by atoms with Crippen molar-refractivity contribution >= 4 is 24.3 Å². The molecule has 0 spiro atoms. The van der Waals surface area contributed by atoms with E-state index in [1.54, 1.807) is 0 Å². The molecule has 5 nitrogen and oxygen atoms in total. The average Bonchev–Trinajstić information content (AvgIpc) is 2.80. The zero-order chi connectivity index (χ0) is 13.2. The normalized spacial score (nSPS) is 29.8. The molecule has 0 aromatic carbocycles. The minimum Gasteiger partial charge on any atom is -0.481 e. The van der Waals surface area contributed by atoms with Crippen molar-refractivity contribution in [3.63, 3.8) is 0 Å². The van der Waals surface area contributed by atoms with Gasteiger partial charge in [0.25, 0.3) is 0 Å². The summed E-state index contributed by atoms with van der Waals surface area (Å²) in [5, 5.41) is 18.0. The van der Waals surface area contributed by atoms with Gasteiger partial charge in [0.15, 0.2) is 0 Å². The van der Waals surface area contributed by atoms with Crippen molar-refractivity contribution in [1.29, 1.82) is 0 Å². The van der Waals surface area contributed by atoms with Crippen molar-refractivity contribution in [2.24, 2.45) is 11.3 Å². The van der Waals surface area contributed by atoms with Gasteiger partial charge in [0, 0.05) is 19.5 Å². The van der Waals surface area contributed by atoms with Crippen molar-refractivity contribution < 1.29 is 19.8 Å². The number of hydrogen-bond donors (Lipinski definition) is 2. The van der Waals surface area contributed by atoms with Crippen LogP contribution < -0.4 is 0 Å². The minimum atomic E-state index is -0.754. The summed E-state index contributed by atoms with van der Waals surface area (Å²) in [6, 6.07) is 0. The highest BCUT2D eigenvalue weighted by atomic mass is 35.5. The van der Waals surface area contributed by atoms with Crippen molar-refractivity contribution in [1.82, 2.24) is 4.90 Å². The molecule has 110 valence electrons. The standard InChI is InChI=1S/C13H21NO4.ClH/c15-11(16)5-1-2-7-14-8-10-4-3-6-13(10,9-14)12(17)18;/h10H,1-9H2,(H,15,16)(H,17,18);1H/t10-,13+;/m0./s1. The van der Waals surface area contributed by atoms with Crippen LogP contribution in [0.25, 0.3) is 0 Å². The summed E-state index contributed by atoms with van der Waals surface area (Å²) < 4.78 is 0. The Labute approximate surface area is 119 Å². The maximum Gasteiger partial charge on any atom is 0.311 e. The number of carboxylic acid groups (broad SMARTS) is 2. The molecule has 0 bridgehead atoms. The summed E-state index contributed by atoms with van der Waals surface area (Å²) in [4.78, 5) is 24.1. The monoisotopic (exact) mass is 291 g/mol. The van der Waals surface area contributed by atoms with Gasteiger partial charge in [-0.15, -0.1) is 12.4 Å². The molecule has 1 saturated carbocycles. The number of likely N-dealkylation sites (tertiary alicyclic amines) is 1. The quantitative estimate of drug-likeness (QED) is 0.730. The van der Waals surface area contributed by atoms with E-state index >= 15 is 0 Å². The van der Waals surface area contributed by atoms with Gasteiger partial charge in [-0.3, -0.25) is 9.59 Å². The van der Waals surface area contributed by atoms with E-state index in [1.165, 1.54) is 0 Å². The molecule has 1 heterocycles. The number of carboxylic acids is 2. The zero-order valence-electron chi connectivity index (χ0n) is 11.0. The van der Waals surface area contributed by atoms with Gasteiger partial charge in [-0.25, -0.2) is 0 Å². The van der Waals surface area contributed by atoms with Gasteiger partial charge in [-0.1, -0.05) is 6.42 Å². The first-order valence-electron chi connectivity index (χ1n) is 6.72. The smallest absolute Gasteiger partial charge is 0.311 e. The van der Waals surface area contributed by atoms with E-state index in [4.69, 9.17) is 5.11 Å². The molecule has 0 amide bonds. The number of carbonyl (C=O) groups is 2. The summed E-state index contributed by atoms with van der Waals surface area (Å²) in [5.41, 5.74) is -0.507. The van der Waals surface area contributed by atoms with E-state index in [0.29, 0.717) is 18.9 Å². The highest BCUT2D eigenvalue weighted by molar-refractivity contribution is 5.85. The molecule has 0 unspecified atom stereocenters. The Morgan fingerprint density at radius 1 is 1.26 bits per heavy atom. The van der Waals surface area contributed by atoms with Crippen LogP contribution in [0.4, 0.5) is 0 Å². The third-order valence-corrected chi connectivity index (χ3v) is 4.48. The van der Waals surface area contributed by atoms with E-state index < -0.39 is 17.4 Å². The average molecular weight is 292 g/mol. The zero-order valence-corrected chi connectivity index (χ0v) is 11.8. The molecule has 1 aliphatic carbocycles. The molecule has 2 atom stereocenters. The molecular weight excluding hydrogens is 270 g/mol. The summed E-state index contributed by atoms with van der Waals surface area (Å²) in [6.07, 6.45) is 4.59. The van der Waals surface area contributed by atoms with Crippen LogP contribution >= 0.6 is 12.4 Å². The van der Waals surface area contributed by atoms with Crippen LogP contribution in [0.3, 0.4) is 0 Å². The van der Waals surface area contributed by atoms with E-state index in [1.807, 2.05) is 0 Å². The number of fused-ring (bicyclic) bond motifs is 1. The van der Waals surface area contributed by atoms with Crippen LogP contribution in [0.1, 0.15) is 38.5 Å². The number of unbranched alkanes of at least 4 members (excludes halogenated alkanes) is 1. The van der Waals surface area contributed by atoms with E-state index in [2.05, 4.69) is 4.90 Å². The topological polar surface area (TPSA) is 77.8 Å². The Bertz CT molecular complexity index is 350. The number of rotatable bonds is 6. The predicted octanol–water partition coefficient (Wildman–Crippen LogP) is 1.85. The Morgan fingerprint density at radius 2 is 2.00 bits per heavy atom. The van der Waals surface area contributed by atoms with Crippen LogP contribution in [0.5, 0.6) is 0 Å². The lowest BCUT2D eigenvalue weighted by atomic mass is 9.81. The number of hydrogen-bond acceptors (Lipinski definition) is 3. The fourth-order valence-electron chi connectivity index (χ4n) is 3.52. The van der Waals surface area contributed by atoms with Gasteiger partial charge in [0.05, 0.1) is 5.41 Å². The molecule has 2 fully saturated rings. The van der Waals surface area contributed by atoms with Gasteiger partial charge in [-0.05, 0) is 38.1 Å². The van der Waals surface area contributed by atoms with E-state index in [-0.39, 0.29) is 18.8 Å². The third-order valence-electron chi connectivity index (χ3n) is 4.48. The van der Waals surface area contributed by atoms with Crippen molar-refractivity contribution in [2.45, 2.75) is 38.5 Å². The molecule has 6 heteroatoms. The van der Waals surface area contributed by atoms with Crippen molar-refractivity contribution in [2.75, 3.05) is 19.6 Å². The van der Waals surface area contributed by atoms with Gasteiger partial charge in [0.2, 0.25) is 0 Å². The summed E-state index contributed by atoms with van der Waals surface area (Å²) >= 11 is 0. The summed E-state index contributed by atoms with van der Waals surface area (Å²) in [5.74, 6) is -1.09. The van der Waals surface area contributed by atoms with Gasteiger partial charge >= 0.3 is 11.9 Å². The second-order valence-corrected chi connectivity index (χ2v) is 5.64. The predicted molar refractivity (Wildman–Crippen MR) is 72.6 cm³/mol. The maximum absolute atomic E-state index is 11.5. The van der Waals surface area contributed by atoms with Crippen LogP contribution in [0, 0.1) is 11.3 Å². The van der Waals surface area contributed by atoms with Gasteiger partial charge in [-0.2, -0.15) is 0 Å². The highest BCUT2D eigenvalue weighted by Crippen LogP contribution is 2.48. The highest BCUT2D eigenvalue weighted by Gasteiger charge is 2.54. The molecule has 0 aromatic rings. The number of aliphatic carboxylic acids is 2. The fraction of sp³-hybridized carbons (Fsp3) is 0.846. The Hall–Kier alpha value is -0.810. The van der Waals surface area contributed by atoms with E-state index in [0.717, 1.165) is 38.8 Å². The van der Waals surface area contributed by atoms with E-state index in [9.17, 15) is 14.7 Å². The maximum atomic E-state index is 11.5. The first kappa shape index (κ1) is 16.2. The van der Waals surface area contributed by atoms with Crippen molar-refractivity contribution in [3.05, 3.63) is 0 Å². The van der Waals surface area contributed by atoms with Crippen LogP contribution in [0.2, 0.25) is 0 Å². The second kappa shape index (κ2) is 6.57. The van der Waals surface area contributed by atoms with Crippen molar-refractivity contribution in [3.8, 4) is 0 Å². The third kappa shape index (κ3) is 3.39. The van der Waals surface area contributed by atoms with Crippen LogP contribution in [-0.4, -0.2) is 46.7 Å². The van der Waals surface area contributed by atoms with Gasteiger partial charge in [0.1, 0.15) is 0 Å². The SMILES string of the molecule is Cl.O=C(O)CCCCN1C[C@@H]2CCC[C@@]2(C(=O)O)C1. The van der Waals surface area contributed by atoms with Gasteiger partial charge < -0.3 is 15.1 Å². The molecule has 2 aliphatic rings. The molecule has 2 rings (SSSR count).